The van der Waals surface area contributed by atoms with Crippen LogP contribution in [0.2, 0.25) is 5.02 Å². The normalized spacial score (nSPS) is 12.3. The number of carbonyl (C=O) groups is 1. The average molecular weight is 280 g/mol. The van der Waals surface area contributed by atoms with Crippen molar-refractivity contribution >= 4 is 28.5 Å². The molecule has 0 radical (unpaired) electrons. The molecule has 0 aliphatic heterocycles. The van der Waals surface area contributed by atoms with Crippen LogP contribution in [0, 0.1) is 0 Å². The molecule has 1 N–H and O–H groups in total. The highest BCUT2D eigenvalue weighted by Gasteiger charge is 2.33. The van der Waals surface area contributed by atoms with E-state index in [0.29, 0.717) is 5.02 Å². The van der Waals surface area contributed by atoms with Gasteiger partial charge in [0, 0.05) is 17.6 Å². The van der Waals surface area contributed by atoms with Crippen LogP contribution in [0.4, 0.5) is 0 Å². The molecule has 0 aliphatic carbocycles. The van der Waals surface area contributed by atoms with Gasteiger partial charge >= 0.3 is 5.97 Å². The lowest BCUT2D eigenvalue weighted by Gasteiger charge is -2.18. The van der Waals surface area contributed by atoms with Crippen LogP contribution in [0.1, 0.15) is 39.3 Å². The summed E-state index contributed by atoms with van der Waals surface area (Å²) in [6.07, 6.45) is 1.91. The number of nitrogens with zero attached hydrogens (tertiary/aromatic N) is 1. The fourth-order valence-corrected chi connectivity index (χ4v) is 2.56. The van der Waals surface area contributed by atoms with Crippen molar-refractivity contribution in [1.29, 1.82) is 0 Å². The Morgan fingerprint density at radius 1 is 1.37 bits per heavy atom. The number of hydrogen-bond acceptors (Lipinski definition) is 1. The van der Waals surface area contributed by atoms with E-state index in [4.69, 9.17) is 11.6 Å². The van der Waals surface area contributed by atoms with Gasteiger partial charge in [0.05, 0.1) is 16.0 Å². The van der Waals surface area contributed by atoms with Crippen LogP contribution in [0.3, 0.4) is 0 Å². The Labute approximate surface area is 117 Å². The van der Waals surface area contributed by atoms with Crippen molar-refractivity contribution in [2.75, 3.05) is 0 Å². The van der Waals surface area contributed by atoms with Gasteiger partial charge in [-0.2, -0.15) is 0 Å². The van der Waals surface area contributed by atoms with Gasteiger partial charge in [-0.3, -0.25) is 4.79 Å². The highest BCUT2D eigenvalue weighted by molar-refractivity contribution is 6.35. The van der Waals surface area contributed by atoms with E-state index >= 15 is 0 Å². The SMILES string of the molecule is CC(C)n1cc(C(C)(C)C(=O)O)c2c(Cl)cccc21. The molecule has 0 saturated heterocycles. The first-order valence-electron chi connectivity index (χ1n) is 6.29. The zero-order valence-electron chi connectivity index (χ0n) is 11.6. The van der Waals surface area contributed by atoms with Gasteiger partial charge in [0.25, 0.3) is 0 Å². The monoisotopic (exact) mass is 279 g/mol. The summed E-state index contributed by atoms with van der Waals surface area (Å²) in [7, 11) is 0. The molecule has 102 valence electrons. The van der Waals surface area contributed by atoms with E-state index in [1.54, 1.807) is 19.9 Å². The zero-order chi connectivity index (χ0) is 14.4. The molecule has 0 saturated carbocycles. The predicted octanol–water partition coefficient (Wildman–Crippen LogP) is 4.24. The van der Waals surface area contributed by atoms with Crippen LogP contribution in [-0.4, -0.2) is 15.6 Å². The van der Waals surface area contributed by atoms with Gasteiger partial charge in [0.1, 0.15) is 0 Å². The van der Waals surface area contributed by atoms with Crippen LogP contribution in [0.25, 0.3) is 10.9 Å². The minimum absolute atomic E-state index is 0.249. The Morgan fingerprint density at radius 2 is 2.00 bits per heavy atom. The number of benzene rings is 1. The van der Waals surface area contributed by atoms with Gasteiger partial charge in [-0.1, -0.05) is 17.7 Å². The van der Waals surface area contributed by atoms with E-state index in [1.807, 2.05) is 18.3 Å². The third-order valence-corrected chi connectivity index (χ3v) is 3.89. The van der Waals surface area contributed by atoms with Gasteiger partial charge in [0.2, 0.25) is 0 Å². The van der Waals surface area contributed by atoms with Gasteiger partial charge in [0.15, 0.2) is 0 Å². The van der Waals surface area contributed by atoms with E-state index < -0.39 is 11.4 Å². The van der Waals surface area contributed by atoms with E-state index in [9.17, 15) is 9.90 Å². The minimum atomic E-state index is -0.969. The molecule has 3 nitrogen and oxygen atoms in total. The number of carboxylic acid groups (broad SMARTS) is 1. The second-order valence-corrected chi connectivity index (χ2v) is 6.02. The standard InChI is InChI=1S/C15H18ClNO2/c1-9(2)17-8-10(15(3,4)14(18)19)13-11(16)6-5-7-12(13)17/h5-9H,1-4H3,(H,18,19). The molecule has 19 heavy (non-hydrogen) atoms. The number of rotatable bonds is 3. The van der Waals surface area contributed by atoms with Crippen LogP contribution < -0.4 is 0 Å². The summed E-state index contributed by atoms with van der Waals surface area (Å²) in [4.78, 5) is 11.5. The van der Waals surface area contributed by atoms with Crippen LogP contribution >= 0.6 is 11.6 Å². The maximum atomic E-state index is 11.5. The number of aromatic nitrogens is 1. The van der Waals surface area contributed by atoms with E-state index in [2.05, 4.69) is 18.4 Å². The molecule has 2 rings (SSSR count). The first-order chi connectivity index (χ1) is 8.76. The van der Waals surface area contributed by atoms with E-state index in [1.165, 1.54) is 0 Å². The average Bonchev–Trinajstić information content (AvgIpc) is 2.70. The first-order valence-corrected chi connectivity index (χ1v) is 6.67. The third kappa shape index (κ3) is 2.12. The number of aliphatic carboxylic acids is 1. The van der Waals surface area contributed by atoms with Crippen molar-refractivity contribution in [3.63, 3.8) is 0 Å². The smallest absolute Gasteiger partial charge is 0.313 e. The Balaban J connectivity index is 2.86. The zero-order valence-corrected chi connectivity index (χ0v) is 12.3. The largest absolute Gasteiger partial charge is 0.481 e. The first kappa shape index (κ1) is 13.9. The fraction of sp³-hybridized carbons (Fsp3) is 0.400. The third-order valence-electron chi connectivity index (χ3n) is 3.57. The Kier molecular flexibility index (Phi) is 3.35. The molecule has 0 amide bonds. The van der Waals surface area contributed by atoms with Crippen LogP contribution in [0.5, 0.6) is 0 Å². The predicted molar refractivity (Wildman–Crippen MR) is 78.0 cm³/mol. The molecule has 1 heterocycles. The molecular formula is C15H18ClNO2. The molecule has 0 fully saturated rings. The van der Waals surface area contributed by atoms with Crippen LogP contribution in [-0.2, 0) is 10.2 Å². The van der Waals surface area contributed by atoms with Crippen molar-refractivity contribution in [1.82, 2.24) is 4.57 Å². The molecule has 1 aromatic heterocycles. The van der Waals surface area contributed by atoms with Crippen molar-refractivity contribution in [3.05, 3.63) is 35.0 Å². The Bertz CT molecular complexity index is 641. The molecule has 4 heteroatoms. The van der Waals surface area contributed by atoms with Gasteiger partial charge < -0.3 is 9.67 Å². The molecule has 0 bridgehead atoms. The van der Waals surface area contributed by atoms with Crippen LogP contribution in [0.15, 0.2) is 24.4 Å². The van der Waals surface area contributed by atoms with Gasteiger partial charge in [-0.05, 0) is 45.4 Å². The molecule has 0 spiro atoms. The number of halogens is 1. The summed E-state index contributed by atoms with van der Waals surface area (Å²) >= 11 is 6.28. The van der Waals surface area contributed by atoms with E-state index in [0.717, 1.165) is 16.5 Å². The van der Waals surface area contributed by atoms with Crippen molar-refractivity contribution < 1.29 is 9.90 Å². The fourth-order valence-electron chi connectivity index (χ4n) is 2.28. The highest BCUT2D eigenvalue weighted by atomic mass is 35.5. The number of carboxylic acids is 1. The Morgan fingerprint density at radius 3 is 2.53 bits per heavy atom. The Hall–Kier alpha value is -1.48. The maximum absolute atomic E-state index is 11.5. The lowest BCUT2D eigenvalue weighted by molar-refractivity contribution is -0.142. The second kappa shape index (κ2) is 4.57. The van der Waals surface area contributed by atoms with E-state index in [-0.39, 0.29) is 6.04 Å². The molecule has 0 unspecified atom stereocenters. The van der Waals surface area contributed by atoms with Crippen molar-refractivity contribution in [2.24, 2.45) is 0 Å². The molecule has 1 aromatic carbocycles. The summed E-state index contributed by atoms with van der Waals surface area (Å²) in [6.45, 7) is 7.55. The molecular weight excluding hydrogens is 262 g/mol. The number of fused-ring (bicyclic) bond motifs is 1. The van der Waals surface area contributed by atoms with Crippen molar-refractivity contribution in [2.45, 2.75) is 39.2 Å². The molecule has 0 atom stereocenters. The maximum Gasteiger partial charge on any atom is 0.313 e. The quantitative estimate of drug-likeness (QED) is 0.913. The summed E-state index contributed by atoms with van der Waals surface area (Å²) in [5.74, 6) is -0.852. The topological polar surface area (TPSA) is 42.2 Å². The lowest BCUT2D eigenvalue weighted by Crippen LogP contribution is -2.28. The van der Waals surface area contributed by atoms with Crippen molar-refractivity contribution in [3.8, 4) is 0 Å². The minimum Gasteiger partial charge on any atom is -0.481 e. The number of hydrogen-bond donors (Lipinski definition) is 1. The molecule has 2 aromatic rings. The molecule has 0 aliphatic rings. The summed E-state index contributed by atoms with van der Waals surface area (Å²) in [6, 6.07) is 5.92. The summed E-state index contributed by atoms with van der Waals surface area (Å²) < 4.78 is 2.07. The summed E-state index contributed by atoms with van der Waals surface area (Å²) in [5, 5.41) is 10.9. The second-order valence-electron chi connectivity index (χ2n) is 5.61. The summed E-state index contributed by atoms with van der Waals surface area (Å²) in [5.41, 5.74) is 0.768. The highest BCUT2D eigenvalue weighted by Crippen LogP contribution is 2.37. The van der Waals surface area contributed by atoms with Gasteiger partial charge in [-0.15, -0.1) is 0 Å². The lowest BCUT2D eigenvalue weighted by atomic mass is 9.84. The van der Waals surface area contributed by atoms with Gasteiger partial charge in [-0.25, -0.2) is 0 Å².